The van der Waals surface area contributed by atoms with Crippen molar-refractivity contribution in [3.8, 4) is 11.4 Å². The molecule has 1 aliphatic heterocycles. The molecule has 1 aliphatic rings. The first-order valence-electron chi connectivity index (χ1n) is 8.74. The van der Waals surface area contributed by atoms with E-state index in [0.29, 0.717) is 18.2 Å². The third-order valence-electron chi connectivity index (χ3n) is 4.61. The van der Waals surface area contributed by atoms with Gasteiger partial charge >= 0.3 is 0 Å². The largest absolute Gasteiger partial charge is 0.489 e. The van der Waals surface area contributed by atoms with Gasteiger partial charge in [-0.25, -0.2) is 13.5 Å². The van der Waals surface area contributed by atoms with Crippen LogP contribution >= 0.6 is 0 Å². The number of benzene rings is 2. The molecule has 142 valence electrons. The molecule has 0 spiro atoms. The number of hydrogen-bond acceptors (Lipinski definition) is 3. The van der Waals surface area contributed by atoms with Gasteiger partial charge in [-0.3, -0.25) is 4.79 Å². The average Bonchev–Trinajstić information content (AvgIpc) is 3.09. The highest BCUT2D eigenvalue weighted by molar-refractivity contribution is 5.94. The van der Waals surface area contributed by atoms with Crippen molar-refractivity contribution in [2.75, 3.05) is 11.9 Å². The van der Waals surface area contributed by atoms with Crippen LogP contribution in [0.4, 0.5) is 14.6 Å². The highest BCUT2D eigenvalue weighted by Gasteiger charge is 2.32. The van der Waals surface area contributed by atoms with Crippen LogP contribution in [0.2, 0.25) is 0 Å². The third kappa shape index (κ3) is 3.15. The summed E-state index contributed by atoms with van der Waals surface area (Å²) in [5.41, 5.74) is 1.62. The number of nitrogens with one attached hydrogen (secondary N) is 1. The molecule has 28 heavy (non-hydrogen) atoms. The van der Waals surface area contributed by atoms with Crippen molar-refractivity contribution in [3.63, 3.8) is 0 Å². The van der Waals surface area contributed by atoms with Gasteiger partial charge in [0.05, 0.1) is 6.20 Å². The van der Waals surface area contributed by atoms with E-state index in [2.05, 4.69) is 17.0 Å². The molecule has 0 saturated carbocycles. The van der Waals surface area contributed by atoms with Crippen molar-refractivity contribution in [2.45, 2.75) is 12.3 Å². The zero-order chi connectivity index (χ0) is 19.7. The van der Waals surface area contributed by atoms with E-state index in [0.717, 1.165) is 23.3 Å². The van der Waals surface area contributed by atoms with Gasteiger partial charge in [0.25, 0.3) is 0 Å². The molecule has 1 aromatic heterocycles. The van der Waals surface area contributed by atoms with Gasteiger partial charge in [-0.1, -0.05) is 30.9 Å². The Hall–Kier alpha value is -3.48. The number of nitrogens with zero attached hydrogens (tertiary/aromatic N) is 2. The van der Waals surface area contributed by atoms with Crippen molar-refractivity contribution in [2.24, 2.45) is 0 Å². The van der Waals surface area contributed by atoms with Crippen molar-refractivity contribution >= 4 is 11.7 Å². The van der Waals surface area contributed by atoms with E-state index in [4.69, 9.17) is 4.74 Å². The Morgan fingerprint density at radius 1 is 1.25 bits per heavy atom. The second-order valence-electron chi connectivity index (χ2n) is 6.40. The van der Waals surface area contributed by atoms with Gasteiger partial charge in [0, 0.05) is 29.5 Å². The van der Waals surface area contributed by atoms with Crippen LogP contribution < -0.4 is 10.1 Å². The van der Waals surface area contributed by atoms with Gasteiger partial charge in [0.1, 0.15) is 29.7 Å². The fraction of sp³-hybridized carbons (Fsp3) is 0.143. The van der Waals surface area contributed by atoms with Crippen LogP contribution in [0.15, 0.2) is 61.3 Å². The van der Waals surface area contributed by atoms with E-state index in [-0.39, 0.29) is 23.9 Å². The van der Waals surface area contributed by atoms with Crippen molar-refractivity contribution in [3.05, 3.63) is 84.1 Å². The summed E-state index contributed by atoms with van der Waals surface area (Å²) < 4.78 is 34.5. The number of carbonyl (C=O) groups excluding carboxylic acids is 1. The summed E-state index contributed by atoms with van der Waals surface area (Å²) in [5, 5.41) is 7.00. The Bertz CT molecular complexity index is 1060. The summed E-state index contributed by atoms with van der Waals surface area (Å²) >= 11 is 0. The summed E-state index contributed by atoms with van der Waals surface area (Å²) in [6.07, 6.45) is 3.44. The molecule has 1 unspecified atom stereocenters. The number of halogens is 2. The highest BCUT2D eigenvalue weighted by atomic mass is 19.1. The van der Waals surface area contributed by atoms with Crippen molar-refractivity contribution < 1.29 is 18.3 Å². The molecule has 0 fully saturated rings. The molecule has 4 rings (SSSR count). The lowest BCUT2D eigenvalue weighted by molar-refractivity contribution is -0.116. The van der Waals surface area contributed by atoms with E-state index in [1.165, 1.54) is 10.7 Å². The first-order chi connectivity index (χ1) is 13.6. The quantitative estimate of drug-likeness (QED) is 0.675. The predicted molar refractivity (Wildman–Crippen MR) is 101 cm³/mol. The summed E-state index contributed by atoms with van der Waals surface area (Å²) in [6.45, 7) is 3.99. The molecule has 7 heteroatoms. The third-order valence-corrected chi connectivity index (χ3v) is 4.61. The van der Waals surface area contributed by atoms with Crippen molar-refractivity contribution in [1.82, 2.24) is 9.78 Å². The number of ether oxygens (including phenoxy) is 1. The normalized spacial score (nSPS) is 15.6. The second kappa shape index (κ2) is 7.26. The van der Waals surface area contributed by atoms with Gasteiger partial charge in [-0.15, -0.1) is 0 Å². The Kier molecular flexibility index (Phi) is 4.65. The molecule has 0 saturated heterocycles. The summed E-state index contributed by atoms with van der Waals surface area (Å²) in [6, 6.07) is 10.7. The number of aromatic nitrogens is 2. The molecular weight excluding hydrogens is 364 g/mol. The van der Waals surface area contributed by atoms with E-state index in [1.54, 1.807) is 12.3 Å². The molecule has 1 N–H and O–H groups in total. The van der Waals surface area contributed by atoms with Crippen LogP contribution in [0.3, 0.4) is 0 Å². The zero-order valence-electron chi connectivity index (χ0n) is 14.9. The molecule has 3 aromatic rings. The first kappa shape index (κ1) is 17.9. The number of hydrogen-bond donors (Lipinski definition) is 1. The summed E-state index contributed by atoms with van der Waals surface area (Å²) in [7, 11) is 0. The standard InChI is InChI=1S/C21H17F2N3O2/c1-2-9-28-19-6-4-3-5-14(19)15-11-20(27)25-21-16(15)12-24-26(21)18-8-7-13(22)10-17(18)23/h2-8,10,12,15H,1,9,11H2,(H,25,27). The molecule has 5 nitrogen and oxygen atoms in total. The lowest BCUT2D eigenvalue weighted by atomic mass is 9.87. The lowest BCUT2D eigenvalue weighted by Crippen LogP contribution is -2.25. The predicted octanol–water partition coefficient (Wildman–Crippen LogP) is 4.19. The molecule has 0 bridgehead atoms. The second-order valence-corrected chi connectivity index (χ2v) is 6.40. The summed E-state index contributed by atoms with van der Waals surface area (Å²) in [4.78, 5) is 12.4. The van der Waals surface area contributed by atoms with Crippen LogP contribution in [-0.2, 0) is 4.79 Å². The molecule has 1 amide bonds. The minimum Gasteiger partial charge on any atom is -0.489 e. The van der Waals surface area contributed by atoms with Crippen LogP contribution in [0, 0.1) is 11.6 Å². The number of amides is 1. The van der Waals surface area contributed by atoms with Crippen LogP contribution in [0.1, 0.15) is 23.5 Å². The van der Waals surface area contributed by atoms with Crippen molar-refractivity contribution in [1.29, 1.82) is 0 Å². The average molecular weight is 381 g/mol. The van der Waals surface area contributed by atoms with Crippen LogP contribution in [0.25, 0.3) is 5.69 Å². The molecule has 0 aliphatic carbocycles. The SMILES string of the molecule is C=CCOc1ccccc1C1CC(=O)Nc2c1cnn2-c1ccc(F)cc1F. The van der Waals surface area contributed by atoms with Gasteiger partial charge in [0.2, 0.25) is 5.91 Å². The maximum Gasteiger partial charge on any atom is 0.226 e. The van der Waals surface area contributed by atoms with E-state index in [1.807, 2.05) is 24.3 Å². The molecule has 2 aromatic carbocycles. The van der Waals surface area contributed by atoms with E-state index < -0.39 is 11.6 Å². The Morgan fingerprint density at radius 2 is 2.07 bits per heavy atom. The van der Waals surface area contributed by atoms with Crippen LogP contribution in [0.5, 0.6) is 5.75 Å². The smallest absolute Gasteiger partial charge is 0.226 e. The van der Waals surface area contributed by atoms with E-state index >= 15 is 0 Å². The Balaban J connectivity index is 1.81. The lowest BCUT2D eigenvalue weighted by Gasteiger charge is -2.25. The number of fused-ring (bicyclic) bond motifs is 1. The monoisotopic (exact) mass is 381 g/mol. The molecule has 1 atom stereocenters. The highest BCUT2D eigenvalue weighted by Crippen LogP contribution is 2.41. The van der Waals surface area contributed by atoms with Crippen LogP contribution in [-0.4, -0.2) is 22.3 Å². The zero-order valence-corrected chi connectivity index (χ0v) is 14.9. The Labute approximate surface area is 160 Å². The topological polar surface area (TPSA) is 56.1 Å². The first-order valence-corrected chi connectivity index (χ1v) is 8.74. The van der Waals surface area contributed by atoms with Gasteiger partial charge in [-0.2, -0.15) is 5.10 Å². The molecule has 2 heterocycles. The fourth-order valence-electron chi connectivity index (χ4n) is 3.38. The minimum atomic E-state index is -0.767. The maximum atomic E-state index is 14.3. The van der Waals surface area contributed by atoms with Gasteiger partial charge < -0.3 is 10.1 Å². The number of rotatable bonds is 5. The minimum absolute atomic E-state index is 0.0554. The maximum absolute atomic E-state index is 14.3. The number of carbonyl (C=O) groups is 1. The van der Waals surface area contributed by atoms with Gasteiger partial charge in [0.15, 0.2) is 5.82 Å². The molecule has 0 radical (unpaired) electrons. The number of anilines is 1. The molecular formula is C21H17F2N3O2. The summed E-state index contributed by atoms with van der Waals surface area (Å²) in [5.74, 6) is -0.962. The van der Waals surface area contributed by atoms with Gasteiger partial charge in [-0.05, 0) is 18.2 Å². The van der Waals surface area contributed by atoms with E-state index in [9.17, 15) is 13.6 Å². The fourth-order valence-corrected chi connectivity index (χ4v) is 3.38. The Morgan fingerprint density at radius 3 is 2.86 bits per heavy atom. The number of para-hydroxylation sites is 1.